The van der Waals surface area contributed by atoms with E-state index in [2.05, 4.69) is 10.4 Å². The molecule has 0 saturated heterocycles. The zero-order valence-corrected chi connectivity index (χ0v) is 20.6. The molecule has 2 heterocycles. The Labute approximate surface area is 207 Å². The number of carbonyl (C=O) groups excluding carboxylic acids is 2. The van der Waals surface area contributed by atoms with Gasteiger partial charge in [0.15, 0.2) is 15.5 Å². The van der Waals surface area contributed by atoms with E-state index in [1.807, 2.05) is 6.07 Å². The van der Waals surface area contributed by atoms with E-state index in [9.17, 15) is 23.1 Å². The van der Waals surface area contributed by atoms with Gasteiger partial charge in [-0.2, -0.15) is 10.4 Å². The van der Waals surface area contributed by atoms with Gasteiger partial charge in [0.25, 0.3) is 11.8 Å². The van der Waals surface area contributed by atoms with Gasteiger partial charge in [-0.15, -0.1) is 0 Å². The molecule has 2 aromatic rings. The monoisotopic (exact) mass is 501 g/mol. The summed E-state index contributed by atoms with van der Waals surface area (Å²) >= 11 is 0. The van der Waals surface area contributed by atoms with Gasteiger partial charge in [0.2, 0.25) is 0 Å². The average molecular weight is 502 g/mol. The summed E-state index contributed by atoms with van der Waals surface area (Å²) in [6.07, 6.45) is 0.828. The maximum absolute atomic E-state index is 13.4. The molecule has 0 spiro atoms. The third-order valence-electron chi connectivity index (χ3n) is 6.82. The number of carbonyl (C=O) groups is 2. The first-order chi connectivity index (χ1) is 17.1. The van der Waals surface area contributed by atoms with Gasteiger partial charge in [0.05, 0.1) is 30.4 Å². The molecule has 0 unspecified atom stereocenters. The largest absolute Gasteiger partial charge is 0.395 e. The molecule has 2 N–H and O–H groups in total. The number of benzene rings is 1. The number of rotatable bonds is 8. The van der Waals surface area contributed by atoms with E-state index in [4.69, 9.17) is 8.00 Å². The van der Waals surface area contributed by atoms with Crippen molar-refractivity contribution in [1.82, 2.24) is 20.0 Å². The Balaban J connectivity index is 1.51. The fraction of sp³-hybridized carbons (Fsp3) is 0.500. The van der Waals surface area contributed by atoms with E-state index in [0.29, 0.717) is 17.5 Å². The van der Waals surface area contributed by atoms with Crippen LogP contribution < -0.4 is 5.32 Å². The van der Waals surface area contributed by atoms with Gasteiger partial charge in [-0.3, -0.25) is 14.3 Å². The average Bonchev–Trinajstić information content (AvgIpc) is 3.55. The number of aryl methyl sites for hydroxylation is 1. The molecule has 35 heavy (non-hydrogen) atoms. The molecule has 0 atom stereocenters. The Morgan fingerprint density at radius 1 is 1.34 bits per heavy atom. The smallest absolute Gasteiger partial charge is 0.272 e. The Morgan fingerprint density at radius 3 is 2.57 bits per heavy atom. The number of nitrogens with one attached hydrogen (secondary N) is 1. The second-order valence-corrected chi connectivity index (χ2v) is 12.5. The Kier molecular flexibility index (Phi) is 5.57. The summed E-state index contributed by atoms with van der Waals surface area (Å²) < 4.78 is 39.9. The molecule has 1 aliphatic heterocycles. The quantitative estimate of drug-likeness (QED) is 0.547. The molecule has 2 aliphatic rings. The number of hydrogen-bond acceptors (Lipinski definition) is 7. The van der Waals surface area contributed by atoms with Crippen LogP contribution in [0.5, 0.6) is 0 Å². The maximum atomic E-state index is 13.4. The zero-order chi connectivity index (χ0) is 27.4. The van der Waals surface area contributed by atoms with E-state index in [-0.39, 0.29) is 43.9 Å². The van der Waals surface area contributed by atoms with Crippen LogP contribution in [0.2, 0.25) is 0 Å². The molecule has 10 nitrogen and oxygen atoms in total. The minimum Gasteiger partial charge on any atom is -0.395 e. The molecule has 2 amide bonds. The lowest BCUT2D eigenvalue weighted by Crippen LogP contribution is -2.51. The van der Waals surface area contributed by atoms with Crippen LogP contribution in [0.3, 0.4) is 0 Å². The van der Waals surface area contributed by atoms with Crippen molar-refractivity contribution in [3.63, 3.8) is 0 Å². The van der Waals surface area contributed by atoms with E-state index in [1.54, 1.807) is 31.3 Å². The summed E-state index contributed by atoms with van der Waals surface area (Å²) in [7, 11) is -2.62. The molecule has 0 bridgehead atoms. The highest BCUT2D eigenvalue weighted by molar-refractivity contribution is 7.94. The van der Waals surface area contributed by atoms with Crippen LogP contribution in [0.25, 0.3) is 0 Å². The van der Waals surface area contributed by atoms with Crippen LogP contribution >= 0.6 is 0 Å². The summed E-state index contributed by atoms with van der Waals surface area (Å²) in [5.74, 6) is -0.899. The second kappa shape index (κ2) is 8.77. The minimum absolute atomic E-state index is 0.126. The number of aromatic nitrogens is 2. The van der Waals surface area contributed by atoms with Crippen LogP contribution in [0, 0.1) is 11.3 Å². The van der Waals surface area contributed by atoms with Crippen molar-refractivity contribution in [2.24, 2.45) is 7.05 Å². The van der Waals surface area contributed by atoms with Gasteiger partial charge in [0, 0.05) is 32.2 Å². The van der Waals surface area contributed by atoms with Crippen LogP contribution in [-0.2, 0) is 29.9 Å². The number of nitrogens with zero attached hydrogens (tertiary/aromatic N) is 4. The Morgan fingerprint density at radius 2 is 2.00 bits per heavy atom. The first-order valence-electron chi connectivity index (χ1n) is 12.2. The summed E-state index contributed by atoms with van der Waals surface area (Å²) in [4.78, 5) is 27.7. The summed E-state index contributed by atoms with van der Waals surface area (Å²) in [6.45, 7) is -0.381. The Hall–Kier alpha value is -3.23. The van der Waals surface area contributed by atoms with Crippen molar-refractivity contribution in [3.05, 3.63) is 52.3 Å². The number of amides is 2. The number of fused-ring (bicyclic) bond motifs is 1. The van der Waals surface area contributed by atoms with Crippen LogP contribution in [0.15, 0.2) is 24.3 Å². The standard InChI is InChI=1S/C24H29N5O5S/c1-23(2,15-30)35(33,34)24(9-10-24)14-29-11-8-18-19(27-28(3)20(18)22(29)32)21(31)26-13-17-6-4-16(12-25)5-7-17/h4-7,30H,8-11,13-15H2,1-3H3,(H,26,31)/i15D2. The zero-order valence-electron chi connectivity index (χ0n) is 21.8. The third-order valence-corrected chi connectivity index (χ3v) is 9.93. The fourth-order valence-electron chi connectivity index (χ4n) is 4.47. The highest BCUT2D eigenvalue weighted by Gasteiger charge is 2.60. The molecular formula is C24H29N5O5S. The molecular weight excluding hydrogens is 470 g/mol. The Bertz CT molecular complexity index is 1400. The van der Waals surface area contributed by atoms with Crippen molar-refractivity contribution in [1.29, 1.82) is 5.26 Å². The topological polar surface area (TPSA) is 145 Å². The SMILES string of the molecule is [2H]C([2H])(O)C(C)(C)S(=O)(=O)C1(CN2CCc3c(C(=O)NCc4ccc(C#N)cc4)nn(C)c3C2=O)CC1. The highest BCUT2D eigenvalue weighted by Crippen LogP contribution is 2.49. The first-order valence-corrected chi connectivity index (χ1v) is 12.7. The van der Waals surface area contributed by atoms with Gasteiger partial charge in [-0.05, 0) is 50.8 Å². The normalized spacial score (nSPS) is 18.3. The molecule has 186 valence electrons. The van der Waals surface area contributed by atoms with Gasteiger partial charge in [0.1, 0.15) is 5.69 Å². The van der Waals surface area contributed by atoms with Crippen molar-refractivity contribution in [3.8, 4) is 6.07 Å². The molecule has 0 radical (unpaired) electrons. The minimum atomic E-state index is -4.16. The number of nitriles is 1. The van der Waals surface area contributed by atoms with E-state index in [1.165, 1.54) is 9.58 Å². The van der Waals surface area contributed by atoms with Gasteiger partial charge < -0.3 is 15.3 Å². The molecule has 1 saturated carbocycles. The molecule has 1 aromatic heterocycles. The van der Waals surface area contributed by atoms with Crippen molar-refractivity contribution in [2.45, 2.75) is 49.1 Å². The van der Waals surface area contributed by atoms with Crippen molar-refractivity contribution >= 4 is 21.7 Å². The lowest BCUT2D eigenvalue weighted by atomic mass is 10.0. The van der Waals surface area contributed by atoms with Crippen LogP contribution in [-0.4, -0.2) is 69.2 Å². The maximum Gasteiger partial charge on any atom is 0.272 e. The number of aliphatic hydroxyl groups is 1. The lowest BCUT2D eigenvalue weighted by molar-refractivity contribution is 0.0724. The molecule has 11 heteroatoms. The highest BCUT2D eigenvalue weighted by atomic mass is 32.2. The predicted octanol–water partition coefficient (Wildman–Crippen LogP) is 0.938. The van der Waals surface area contributed by atoms with Gasteiger partial charge in [-0.25, -0.2) is 8.42 Å². The number of hydrogen-bond donors (Lipinski definition) is 2. The molecule has 1 aromatic carbocycles. The third kappa shape index (κ3) is 4.21. The van der Waals surface area contributed by atoms with Crippen LogP contribution in [0.1, 0.15) is 67.1 Å². The molecule has 1 aliphatic carbocycles. The second-order valence-electron chi connectivity index (χ2n) is 9.58. The summed E-state index contributed by atoms with van der Waals surface area (Å²) in [6, 6.07) is 8.81. The van der Waals surface area contributed by atoms with Crippen LogP contribution in [0.4, 0.5) is 0 Å². The molecule has 4 rings (SSSR count). The van der Waals surface area contributed by atoms with Gasteiger partial charge >= 0.3 is 0 Å². The fourth-order valence-corrected chi connectivity index (χ4v) is 6.64. The lowest BCUT2D eigenvalue weighted by Gasteiger charge is -2.34. The van der Waals surface area contributed by atoms with Gasteiger partial charge in [-0.1, -0.05) is 12.1 Å². The first kappa shape index (κ1) is 22.2. The van der Waals surface area contributed by atoms with Crippen molar-refractivity contribution in [2.75, 3.05) is 19.6 Å². The summed E-state index contributed by atoms with van der Waals surface area (Å²) in [5, 5.41) is 25.9. The number of sulfone groups is 1. The van der Waals surface area contributed by atoms with E-state index >= 15 is 0 Å². The molecule has 1 fully saturated rings. The summed E-state index contributed by atoms with van der Waals surface area (Å²) in [5.41, 5.74) is 2.13. The predicted molar refractivity (Wildman–Crippen MR) is 127 cm³/mol. The van der Waals surface area contributed by atoms with E-state index in [0.717, 1.165) is 19.4 Å². The van der Waals surface area contributed by atoms with Crippen molar-refractivity contribution < 1.29 is 25.9 Å². The van der Waals surface area contributed by atoms with E-state index < -0.39 is 37.7 Å².